The Morgan fingerprint density at radius 1 is 1.06 bits per heavy atom. The van der Waals surface area contributed by atoms with Crippen molar-refractivity contribution in [2.24, 2.45) is 5.10 Å². The van der Waals surface area contributed by atoms with Gasteiger partial charge < -0.3 is 9.47 Å². The number of carbonyl (C=O) groups is 1. The third-order valence-electron chi connectivity index (χ3n) is 5.14. The number of hydrazone groups is 1. The summed E-state index contributed by atoms with van der Waals surface area (Å²) in [4.78, 5) is 12.8. The minimum atomic E-state index is -3.95. The number of methoxy groups -OCH3 is 1. The molecule has 3 rings (SSSR count). The number of carbonyl (C=O) groups excluding carboxylic acids is 1. The van der Waals surface area contributed by atoms with Crippen molar-refractivity contribution in [3.8, 4) is 11.5 Å². The number of hydrogen-bond acceptors (Lipinski definition) is 6. The van der Waals surface area contributed by atoms with Gasteiger partial charge in [0.05, 0.1) is 31.4 Å². The van der Waals surface area contributed by atoms with Gasteiger partial charge in [-0.25, -0.2) is 13.8 Å². The second-order valence-electron chi connectivity index (χ2n) is 7.85. The lowest BCUT2D eigenvalue weighted by molar-refractivity contribution is -0.121. The van der Waals surface area contributed by atoms with E-state index in [0.29, 0.717) is 23.7 Å². The number of amides is 1. The molecule has 1 amide bonds. The molecule has 0 aliphatic carbocycles. The van der Waals surface area contributed by atoms with Crippen LogP contribution in [0.2, 0.25) is 0 Å². The summed E-state index contributed by atoms with van der Waals surface area (Å²) in [7, 11) is -2.41. The second kappa shape index (κ2) is 12.7. The van der Waals surface area contributed by atoms with Crippen molar-refractivity contribution >= 4 is 38.1 Å². The Hall–Kier alpha value is -3.21. The Morgan fingerprint density at radius 2 is 1.75 bits per heavy atom. The van der Waals surface area contributed by atoms with Gasteiger partial charge in [-0.2, -0.15) is 9.41 Å². The number of hydrogen-bond donors (Lipinski definition) is 1. The molecular formula is C26H28BrN3O5S. The first kappa shape index (κ1) is 27.4. The van der Waals surface area contributed by atoms with Gasteiger partial charge in [0.2, 0.25) is 10.0 Å². The van der Waals surface area contributed by atoms with Crippen LogP contribution in [0.1, 0.15) is 23.6 Å². The first-order valence-corrected chi connectivity index (χ1v) is 13.4. The molecule has 0 saturated carbocycles. The van der Waals surface area contributed by atoms with Crippen LogP contribution in [0.15, 0.2) is 81.2 Å². The molecule has 0 aliphatic rings. The van der Waals surface area contributed by atoms with Gasteiger partial charge >= 0.3 is 0 Å². The quantitative estimate of drug-likeness (QED) is 0.269. The van der Waals surface area contributed by atoms with Crippen LogP contribution in [0.25, 0.3) is 0 Å². The van der Waals surface area contributed by atoms with Crippen LogP contribution in [-0.4, -0.2) is 45.1 Å². The maximum absolute atomic E-state index is 13.4. The smallest absolute Gasteiger partial charge is 0.255 e. The summed E-state index contributed by atoms with van der Waals surface area (Å²) in [6, 6.07) is 19.0. The summed E-state index contributed by atoms with van der Waals surface area (Å²) >= 11 is 3.32. The maximum Gasteiger partial charge on any atom is 0.255 e. The van der Waals surface area contributed by atoms with Gasteiger partial charge in [0.25, 0.3) is 5.91 Å². The van der Waals surface area contributed by atoms with E-state index in [1.54, 1.807) is 30.3 Å². The number of aryl methyl sites for hydroxylation is 1. The lowest BCUT2D eigenvalue weighted by Crippen LogP contribution is -2.39. The lowest BCUT2D eigenvalue weighted by Gasteiger charge is -2.21. The number of sulfonamides is 1. The average Bonchev–Trinajstić information content (AvgIpc) is 2.86. The Labute approximate surface area is 220 Å². The fourth-order valence-corrected chi connectivity index (χ4v) is 4.94. The van der Waals surface area contributed by atoms with Crippen molar-refractivity contribution in [2.75, 3.05) is 20.3 Å². The highest BCUT2D eigenvalue weighted by Crippen LogP contribution is 2.27. The van der Waals surface area contributed by atoms with Crippen LogP contribution in [0, 0.1) is 6.92 Å². The van der Waals surface area contributed by atoms with E-state index in [2.05, 4.69) is 26.5 Å². The molecule has 0 atom stereocenters. The van der Waals surface area contributed by atoms with Gasteiger partial charge in [0.15, 0.2) is 11.5 Å². The minimum Gasteiger partial charge on any atom is -0.493 e. The monoisotopic (exact) mass is 573 g/mol. The molecule has 8 nitrogen and oxygen atoms in total. The Balaban J connectivity index is 1.76. The molecule has 0 bridgehead atoms. The number of halogens is 1. The molecule has 0 saturated heterocycles. The molecule has 0 aliphatic heterocycles. The maximum atomic E-state index is 13.4. The molecule has 3 aromatic rings. The van der Waals surface area contributed by atoms with Crippen molar-refractivity contribution < 1.29 is 22.7 Å². The van der Waals surface area contributed by atoms with Crippen LogP contribution < -0.4 is 14.9 Å². The van der Waals surface area contributed by atoms with Gasteiger partial charge in [0.1, 0.15) is 0 Å². The van der Waals surface area contributed by atoms with Gasteiger partial charge in [-0.05, 0) is 67.4 Å². The normalized spacial score (nSPS) is 11.6. The molecule has 10 heteroatoms. The second-order valence-corrected chi connectivity index (χ2v) is 10.7. The van der Waals surface area contributed by atoms with E-state index in [9.17, 15) is 13.2 Å². The van der Waals surface area contributed by atoms with Crippen molar-refractivity contribution in [1.29, 1.82) is 0 Å². The zero-order valence-electron chi connectivity index (χ0n) is 20.3. The standard InChI is InChI=1S/C26H28BrN3O5S/c1-4-35-24-14-9-21(15-25(24)34-3)16-28-29-26(31)18-30(17-20-7-5-19(2)6-8-20)36(32,33)23-12-10-22(27)11-13-23/h5-16H,4,17-18H2,1-3H3,(H,29,31)/b28-16-. The summed E-state index contributed by atoms with van der Waals surface area (Å²) in [6.45, 7) is 3.96. The van der Waals surface area contributed by atoms with Gasteiger partial charge in [-0.1, -0.05) is 45.8 Å². The highest BCUT2D eigenvalue weighted by molar-refractivity contribution is 9.10. The first-order chi connectivity index (χ1) is 17.2. The van der Waals surface area contributed by atoms with Crippen LogP contribution in [0.4, 0.5) is 0 Å². The van der Waals surface area contributed by atoms with Crippen LogP contribution in [0.5, 0.6) is 11.5 Å². The molecule has 36 heavy (non-hydrogen) atoms. The van der Waals surface area contributed by atoms with E-state index in [1.165, 1.54) is 25.5 Å². The van der Waals surface area contributed by atoms with Gasteiger partial charge in [0, 0.05) is 11.0 Å². The van der Waals surface area contributed by atoms with Crippen molar-refractivity contribution in [3.05, 3.63) is 87.9 Å². The van der Waals surface area contributed by atoms with Crippen LogP contribution in [-0.2, 0) is 21.4 Å². The summed E-state index contributed by atoms with van der Waals surface area (Å²) in [5.74, 6) is 0.569. The summed E-state index contributed by atoms with van der Waals surface area (Å²) < 4.78 is 39.4. The van der Waals surface area contributed by atoms with Crippen molar-refractivity contribution in [2.45, 2.75) is 25.3 Å². The van der Waals surface area contributed by atoms with Crippen LogP contribution in [0.3, 0.4) is 0 Å². The molecular weight excluding hydrogens is 546 g/mol. The highest BCUT2D eigenvalue weighted by Gasteiger charge is 2.27. The van der Waals surface area contributed by atoms with E-state index in [1.807, 2.05) is 38.1 Å². The molecule has 3 aromatic carbocycles. The topological polar surface area (TPSA) is 97.3 Å². The van der Waals surface area contributed by atoms with Gasteiger partial charge in [-0.3, -0.25) is 4.79 Å². The summed E-state index contributed by atoms with van der Waals surface area (Å²) in [6.07, 6.45) is 1.45. The number of nitrogens with one attached hydrogen (secondary N) is 1. The predicted octanol–water partition coefficient (Wildman–Crippen LogP) is 4.51. The highest BCUT2D eigenvalue weighted by atomic mass is 79.9. The van der Waals surface area contributed by atoms with Crippen LogP contribution >= 0.6 is 15.9 Å². The summed E-state index contributed by atoms with van der Waals surface area (Å²) in [5, 5.41) is 3.98. The Kier molecular flexibility index (Phi) is 9.63. The summed E-state index contributed by atoms with van der Waals surface area (Å²) in [5.41, 5.74) is 4.90. The average molecular weight is 574 g/mol. The molecule has 190 valence electrons. The van der Waals surface area contributed by atoms with E-state index >= 15 is 0 Å². The van der Waals surface area contributed by atoms with E-state index in [4.69, 9.17) is 9.47 Å². The minimum absolute atomic E-state index is 0.0336. The van der Waals surface area contributed by atoms with E-state index in [0.717, 1.165) is 19.9 Å². The largest absolute Gasteiger partial charge is 0.493 e. The fraction of sp³-hybridized carbons (Fsp3) is 0.231. The Morgan fingerprint density at radius 3 is 2.39 bits per heavy atom. The van der Waals surface area contributed by atoms with Gasteiger partial charge in [-0.15, -0.1) is 0 Å². The molecule has 1 N–H and O–H groups in total. The fourth-order valence-electron chi connectivity index (χ4n) is 3.29. The predicted molar refractivity (Wildman–Crippen MR) is 143 cm³/mol. The molecule has 0 fully saturated rings. The zero-order chi connectivity index (χ0) is 26.1. The third-order valence-corrected chi connectivity index (χ3v) is 7.48. The number of rotatable bonds is 11. The molecule has 0 aromatic heterocycles. The Bertz CT molecular complexity index is 1310. The third kappa shape index (κ3) is 7.39. The lowest BCUT2D eigenvalue weighted by atomic mass is 10.1. The first-order valence-electron chi connectivity index (χ1n) is 11.2. The molecule has 0 radical (unpaired) electrons. The van der Waals surface area contributed by atoms with Crippen molar-refractivity contribution in [3.63, 3.8) is 0 Å². The van der Waals surface area contributed by atoms with Crippen molar-refractivity contribution in [1.82, 2.24) is 9.73 Å². The molecule has 0 unspecified atom stereocenters. The zero-order valence-corrected chi connectivity index (χ0v) is 22.7. The van der Waals surface area contributed by atoms with E-state index < -0.39 is 22.5 Å². The SMILES string of the molecule is CCOc1ccc(/C=N\NC(=O)CN(Cc2ccc(C)cc2)S(=O)(=O)c2ccc(Br)cc2)cc1OC. The number of nitrogens with zero attached hydrogens (tertiary/aromatic N) is 2. The molecule has 0 heterocycles. The number of ether oxygens (including phenoxy) is 2. The van der Waals surface area contributed by atoms with E-state index in [-0.39, 0.29) is 11.4 Å². The molecule has 0 spiro atoms. The number of benzene rings is 3.